The van der Waals surface area contributed by atoms with E-state index in [1.807, 2.05) is 0 Å². The molecule has 0 aromatic carbocycles. The van der Waals surface area contributed by atoms with Crippen molar-refractivity contribution in [3.05, 3.63) is 0 Å². The molecule has 2 unspecified atom stereocenters. The van der Waals surface area contributed by atoms with Gasteiger partial charge in [-0.05, 0) is 101 Å². The molecule has 4 aliphatic carbocycles. The van der Waals surface area contributed by atoms with E-state index in [-0.39, 0.29) is 0 Å². The van der Waals surface area contributed by atoms with Gasteiger partial charge in [0.15, 0.2) is 0 Å². The van der Waals surface area contributed by atoms with Crippen LogP contribution in [0.2, 0.25) is 0 Å². The van der Waals surface area contributed by atoms with Gasteiger partial charge in [-0.25, -0.2) is 0 Å². The largest absolute Gasteiger partial charge is 0.313 e. The van der Waals surface area contributed by atoms with Crippen LogP contribution in [0.3, 0.4) is 0 Å². The number of hydrogen-bond acceptors (Lipinski definition) is 2. The molecule has 120 valence electrons. The van der Waals surface area contributed by atoms with Gasteiger partial charge in [-0.2, -0.15) is 0 Å². The molecule has 2 heteroatoms. The van der Waals surface area contributed by atoms with Gasteiger partial charge in [-0.3, -0.25) is 0 Å². The molecule has 0 aromatic rings. The van der Waals surface area contributed by atoms with E-state index in [0.717, 1.165) is 29.7 Å². The fraction of sp³-hybridized carbons (Fsp3) is 1.00. The summed E-state index contributed by atoms with van der Waals surface area (Å²) >= 11 is 0. The third kappa shape index (κ3) is 2.67. The van der Waals surface area contributed by atoms with Gasteiger partial charge < -0.3 is 10.2 Å². The van der Waals surface area contributed by atoms with E-state index in [1.54, 1.807) is 38.5 Å². The topological polar surface area (TPSA) is 15.3 Å². The molecule has 2 nitrogen and oxygen atoms in total. The van der Waals surface area contributed by atoms with Crippen LogP contribution in [0, 0.1) is 29.1 Å². The van der Waals surface area contributed by atoms with Crippen molar-refractivity contribution in [1.29, 1.82) is 0 Å². The average molecular weight is 290 g/mol. The molecule has 1 saturated heterocycles. The van der Waals surface area contributed by atoms with Gasteiger partial charge in [0.2, 0.25) is 0 Å². The summed E-state index contributed by atoms with van der Waals surface area (Å²) in [6, 6.07) is 0.751. The molecule has 1 N–H and O–H groups in total. The second-order valence-corrected chi connectivity index (χ2v) is 8.96. The molecule has 2 atom stereocenters. The van der Waals surface area contributed by atoms with Crippen molar-refractivity contribution in [1.82, 2.24) is 10.2 Å². The SMILES string of the molecule is CCN1CCC(CNC(C)C23CC4CC(CC(C4)C2)C3)C1. The Kier molecular flexibility index (Phi) is 3.82. The molecule has 0 radical (unpaired) electrons. The zero-order chi connectivity index (χ0) is 14.4. The molecule has 21 heavy (non-hydrogen) atoms. The van der Waals surface area contributed by atoms with Crippen LogP contribution >= 0.6 is 0 Å². The summed E-state index contributed by atoms with van der Waals surface area (Å²) in [4.78, 5) is 2.61. The Hall–Kier alpha value is -0.0800. The van der Waals surface area contributed by atoms with Crippen molar-refractivity contribution in [2.45, 2.75) is 64.8 Å². The Morgan fingerprint density at radius 2 is 1.71 bits per heavy atom. The Labute approximate surface area is 131 Å². The summed E-state index contributed by atoms with van der Waals surface area (Å²) < 4.78 is 0. The van der Waals surface area contributed by atoms with Gasteiger partial charge in [-0.1, -0.05) is 6.92 Å². The van der Waals surface area contributed by atoms with Crippen LogP contribution in [0.15, 0.2) is 0 Å². The molecule has 4 saturated carbocycles. The summed E-state index contributed by atoms with van der Waals surface area (Å²) in [5.41, 5.74) is 0.678. The zero-order valence-electron chi connectivity index (χ0n) is 14.1. The van der Waals surface area contributed by atoms with E-state index in [9.17, 15) is 0 Å². The van der Waals surface area contributed by atoms with Crippen LogP contribution in [0.1, 0.15) is 58.8 Å². The molecule has 4 bridgehead atoms. The molecule has 5 rings (SSSR count). The van der Waals surface area contributed by atoms with Crippen molar-refractivity contribution >= 4 is 0 Å². The summed E-state index contributed by atoms with van der Waals surface area (Å²) in [5.74, 6) is 4.16. The molecule has 0 spiro atoms. The van der Waals surface area contributed by atoms with Crippen molar-refractivity contribution in [2.75, 3.05) is 26.2 Å². The second kappa shape index (κ2) is 5.53. The fourth-order valence-electron chi connectivity index (χ4n) is 6.63. The van der Waals surface area contributed by atoms with Crippen LogP contribution in [-0.2, 0) is 0 Å². The molecule has 0 aromatic heterocycles. The van der Waals surface area contributed by atoms with Gasteiger partial charge >= 0.3 is 0 Å². The van der Waals surface area contributed by atoms with Crippen LogP contribution in [0.5, 0.6) is 0 Å². The summed E-state index contributed by atoms with van der Waals surface area (Å²) in [5, 5.41) is 4.00. The maximum Gasteiger partial charge on any atom is 0.00956 e. The maximum absolute atomic E-state index is 4.00. The summed E-state index contributed by atoms with van der Waals surface area (Å²) in [7, 11) is 0. The highest BCUT2D eigenvalue weighted by Crippen LogP contribution is 2.61. The van der Waals surface area contributed by atoms with Crippen LogP contribution in [-0.4, -0.2) is 37.1 Å². The quantitative estimate of drug-likeness (QED) is 0.833. The molecule has 1 heterocycles. The summed E-state index contributed by atoms with van der Waals surface area (Å²) in [6.07, 6.45) is 10.7. The Morgan fingerprint density at radius 3 is 2.24 bits per heavy atom. The molecular weight excluding hydrogens is 256 g/mol. The predicted molar refractivity (Wildman–Crippen MR) is 88.3 cm³/mol. The molecule has 5 fully saturated rings. The standard InChI is InChI=1S/C19H34N2/c1-3-21-5-4-15(13-21)12-20-14(2)19-9-16-6-17(10-19)8-18(7-16)11-19/h14-18,20H,3-13H2,1-2H3. The normalized spacial score (nSPS) is 47.1. The van der Waals surface area contributed by atoms with Gasteiger partial charge in [0, 0.05) is 12.6 Å². The van der Waals surface area contributed by atoms with E-state index < -0.39 is 0 Å². The second-order valence-electron chi connectivity index (χ2n) is 8.96. The number of nitrogens with zero attached hydrogens (tertiary/aromatic N) is 1. The van der Waals surface area contributed by atoms with Crippen LogP contribution in [0.4, 0.5) is 0 Å². The minimum absolute atomic E-state index is 0.678. The van der Waals surface area contributed by atoms with E-state index in [4.69, 9.17) is 0 Å². The van der Waals surface area contributed by atoms with Gasteiger partial charge in [-0.15, -0.1) is 0 Å². The number of hydrogen-bond donors (Lipinski definition) is 1. The lowest BCUT2D eigenvalue weighted by Crippen LogP contribution is -2.55. The van der Waals surface area contributed by atoms with Gasteiger partial charge in [0.05, 0.1) is 0 Å². The smallest absolute Gasteiger partial charge is 0.00956 e. The van der Waals surface area contributed by atoms with Crippen molar-refractivity contribution in [3.8, 4) is 0 Å². The first-order valence-electron chi connectivity index (χ1n) is 9.62. The number of nitrogens with one attached hydrogen (secondary N) is 1. The Morgan fingerprint density at radius 1 is 1.10 bits per heavy atom. The minimum Gasteiger partial charge on any atom is -0.313 e. The third-order valence-electron chi connectivity index (χ3n) is 7.53. The Balaban J connectivity index is 1.34. The first-order valence-corrected chi connectivity index (χ1v) is 9.62. The lowest BCUT2D eigenvalue weighted by molar-refractivity contribution is -0.0707. The fourth-order valence-corrected chi connectivity index (χ4v) is 6.63. The van der Waals surface area contributed by atoms with E-state index in [1.165, 1.54) is 32.6 Å². The van der Waals surface area contributed by atoms with Crippen LogP contribution < -0.4 is 5.32 Å². The molecular formula is C19H34N2. The van der Waals surface area contributed by atoms with Gasteiger partial charge in [0.1, 0.15) is 0 Å². The molecule has 1 aliphatic heterocycles. The number of rotatable bonds is 5. The zero-order valence-corrected chi connectivity index (χ0v) is 14.1. The highest BCUT2D eigenvalue weighted by Gasteiger charge is 2.52. The molecule has 5 aliphatic rings. The first kappa shape index (κ1) is 14.5. The van der Waals surface area contributed by atoms with E-state index >= 15 is 0 Å². The van der Waals surface area contributed by atoms with Crippen molar-refractivity contribution < 1.29 is 0 Å². The maximum atomic E-state index is 4.00. The monoisotopic (exact) mass is 290 g/mol. The first-order chi connectivity index (χ1) is 10.2. The number of likely N-dealkylation sites (tertiary alicyclic amines) is 1. The van der Waals surface area contributed by atoms with Gasteiger partial charge in [0.25, 0.3) is 0 Å². The van der Waals surface area contributed by atoms with Crippen molar-refractivity contribution in [2.24, 2.45) is 29.1 Å². The summed E-state index contributed by atoms with van der Waals surface area (Å²) in [6.45, 7) is 9.97. The lowest BCUT2D eigenvalue weighted by Gasteiger charge is -2.59. The third-order valence-corrected chi connectivity index (χ3v) is 7.53. The van der Waals surface area contributed by atoms with E-state index in [2.05, 4.69) is 24.1 Å². The van der Waals surface area contributed by atoms with E-state index in [0.29, 0.717) is 5.41 Å². The van der Waals surface area contributed by atoms with Crippen LogP contribution in [0.25, 0.3) is 0 Å². The average Bonchev–Trinajstić information content (AvgIpc) is 2.91. The minimum atomic E-state index is 0.678. The molecule has 0 amide bonds. The predicted octanol–water partition coefficient (Wildman–Crippen LogP) is 3.52. The highest BCUT2D eigenvalue weighted by molar-refractivity contribution is 5.05. The lowest BCUT2D eigenvalue weighted by atomic mass is 9.48. The highest BCUT2D eigenvalue weighted by atomic mass is 15.1. The Bertz CT molecular complexity index is 342. The van der Waals surface area contributed by atoms with Crippen molar-refractivity contribution in [3.63, 3.8) is 0 Å².